The maximum Gasteiger partial charge on any atom is 0.186 e. The van der Waals surface area contributed by atoms with E-state index < -0.39 is 5.92 Å². The number of carbonyl (C=O) groups is 1. The van der Waals surface area contributed by atoms with Gasteiger partial charge in [0.15, 0.2) is 5.78 Å². The predicted octanol–water partition coefficient (Wildman–Crippen LogP) is 5.89. The number of allylic oxidation sites excluding steroid dienone is 1. The minimum Gasteiger partial charge on any atom is -0.493 e. The lowest BCUT2D eigenvalue weighted by Gasteiger charge is -2.11. The van der Waals surface area contributed by atoms with E-state index in [1.807, 2.05) is 47.9 Å². The molecule has 1 saturated heterocycles. The molecule has 142 valence electrons. The van der Waals surface area contributed by atoms with Crippen LogP contribution in [-0.4, -0.2) is 22.4 Å². The highest BCUT2D eigenvalue weighted by atomic mass is 32.2. The Morgan fingerprint density at radius 2 is 2.04 bits per heavy atom. The molecule has 4 rings (SSSR count). The second kappa shape index (κ2) is 8.29. The van der Waals surface area contributed by atoms with Crippen molar-refractivity contribution >= 4 is 50.8 Å². The fraction of sp³-hybridized carbons (Fsp3) is 0.227. The summed E-state index contributed by atoms with van der Waals surface area (Å²) in [5, 5.41) is 13.2. The van der Waals surface area contributed by atoms with E-state index in [1.165, 1.54) is 23.1 Å². The molecule has 1 aliphatic rings. The first-order valence-corrected chi connectivity index (χ1v) is 10.9. The van der Waals surface area contributed by atoms with Crippen LogP contribution in [0.5, 0.6) is 5.75 Å². The van der Waals surface area contributed by atoms with Gasteiger partial charge in [0, 0.05) is 17.0 Å². The third-order valence-electron chi connectivity index (χ3n) is 4.65. The molecular formula is C22H20N2O2S2. The molecule has 6 heteroatoms. The summed E-state index contributed by atoms with van der Waals surface area (Å²) < 4.78 is 5.96. The standard InChI is InChI=1S/C22H20N2O2S2/c1-2-3-11-26-17-9-8-14(15-6-4-5-7-16(15)17)13-18-20(25)19(21(23)28-18)22-24-10-12-27-22/h4-10,12-13,19,23H,2-3,11H2,1H3. The summed E-state index contributed by atoms with van der Waals surface area (Å²) in [5.74, 6) is 0.265. The number of nitrogens with zero attached hydrogens (tertiary/aromatic N) is 1. The number of hydrogen-bond acceptors (Lipinski definition) is 6. The van der Waals surface area contributed by atoms with Crippen molar-refractivity contribution in [1.29, 1.82) is 5.41 Å². The van der Waals surface area contributed by atoms with Crippen molar-refractivity contribution in [2.75, 3.05) is 6.61 Å². The maximum absolute atomic E-state index is 12.9. The number of hydrogen-bond donors (Lipinski definition) is 1. The van der Waals surface area contributed by atoms with Gasteiger partial charge in [0.1, 0.15) is 16.7 Å². The molecule has 0 bridgehead atoms. The van der Waals surface area contributed by atoms with Crippen molar-refractivity contribution in [1.82, 2.24) is 4.98 Å². The van der Waals surface area contributed by atoms with E-state index in [2.05, 4.69) is 11.9 Å². The van der Waals surface area contributed by atoms with Gasteiger partial charge in [-0.3, -0.25) is 10.2 Å². The van der Waals surface area contributed by atoms with Crippen LogP contribution in [0, 0.1) is 5.41 Å². The molecule has 0 spiro atoms. The number of thioether (sulfide) groups is 1. The van der Waals surface area contributed by atoms with Crippen molar-refractivity contribution in [2.45, 2.75) is 25.7 Å². The van der Waals surface area contributed by atoms with Crippen LogP contribution in [-0.2, 0) is 4.79 Å². The Morgan fingerprint density at radius 1 is 1.21 bits per heavy atom. The lowest BCUT2D eigenvalue weighted by Crippen LogP contribution is -2.11. The Bertz CT molecular complexity index is 1060. The van der Waals surface area contributed by atoms with Gasteiger partial charge in [-0.15, -0.1) is 11.3 Å². The van der Waals surface area contributed by atoms with Gasteiger partial charge in [0.2, 0.25) is 0 Å². The molecule has 0 amide bonds. The van der Waals surface area contributed by atoms with Crippen molar-refractivity contribution in [2.24, 2.45) is 0 Å². The molecule has 1 atom stereocenters. The molecule has 1 N–H and O–H groups in total. The van der Waals surface area contributed by atoms with E-state index >= 15 is 0 Å². The number of ether oxygens (including phenoxy) is 1. The zero-order valence-electron chi connectivity index (χ0n) is 15.5. The van der Waals surface area contributed by atoms with Crippen LogP contribution >= 0.6 is 23.1 Å². The molecular weight excluding hydrogens is 388 g/mol. The van der Waals surface area contributed by atoms with Crippen molar-refractivity contribution < 1.29 is 9.53 Å². The first-order valence-electron chi connectivity index (χ1n) is 9.25. The predicted molar refractivity (Wildman–Crippen MR) is 118 cm³/mol. The minimum atomic E-state index is -0.556. The number of rotatable bonds is 6. The molecule has 2 aromatic carbocycles. The van der Waals surface area contributed by atoms with E-state index in [-0.39, 0.29) is 5.78 Å². The second-order valence-electron chi connectivity index (χ2n) is 6.54. The van der Waals surface area contributed by atoms with E-state index in [0.717, 1.165) is 34.9 Å². The molecule has 1 aliphatic heterocycles. The number of benzene rings is 2. The fourth-order valence-electron chi connectivity index (χ4n) is 3.21. The minimum absolute atomic E-state index is 0.0442. The maximum atomic E-state index is 12.9. The van der Waals surface area contributed by atoms with Crippen LogP contribution < -0.4 is 4.74 Å². The van der Waals surface area contributed by atoms with Gasteiger partial charge < -0.3 is 4.74 Å². The first-order chi connectivity index (χ1) is 13.7. The summed E-state index contributed by atoms with van der Waals surface area (Å²) in [6.45, 7) is 2.84. The number of unbranched alkanes of at least 4 members (excludes halogenated alkanes) is 1. The number of ketones is 1. The number of nitrogens with one attached hydrogen (secondary N) is 1. The van der Waals surface area contributed by atoms with Gasteiger partial charge in [-0.2, -0.15) is 0 Å². The Kier molecular flexibility index (Phi) is 5.59. The van der Waals surface area contributed by atoms with Crippen LogP contribution in [0.15, 0.2) is 52.9 Å². The number of fused-ring (bicyclic) bond motifs is 1. The normalized spacial score (nSPS) is 18.3. The fourth-order valence-corrected chi connectivity index (χ4v) is 5.00. The molecule has 4 nitrogen and oxygen atoms in total. The molecule has 0 aliphatic carbocycles. The average molecular weight is 409 g/mol. The lowest BCUT2D eigenvalue weighted by molar-refractivity contribution is -0.114. The van der Waals surface area contributed by atoms with Crippen LogP contribution in [0.25, 0.3) is 16.8 Å². The number of thiazole rings is 1. The summed E-state index contributed by atoms with van der Waals surface area (Å²) in [6, 6.07) is 12.0. The van der Waals surface area contributed by atoms with Gasteiger partial charge in [-0.05, 0) is 29.5 Å². The van der Waals surface area contributed by atoms with Crippen molar-refractivity contribution in [3.8, 4) is 5.75 Å². The van der Waals surface area contributed by atoms with E-state index in [4.69, 9.17) is 10.1 Å². The average Bonchev–Trinajstić information content (AvgIpc) is 3.31. The third kappa shape index (κ3) is 3.62. The van der Waals surface area contributed by atoms with Crippen LogP contribution in [0.2, 0.25) is 0 Å². The summed E-state index contributed by atoms with van der Waals surface area (Å²) in [7, 11) is 0. The summed E-state index contributed by atoms with van der Waals surface area (Å²) in [5.41, 5.74) is 0.960. The molecule has 1 aromatic heterocycles. The molecule has 3 aromatic rings. The monoisotopic (exact) mass is 408 g/mol. The Balaban J connectivity index is 1.69. The number of carbonyl (C=O) groups excluding carboxylic acids is 1. The largest absolute Gasteiger partial charge is 0.493 e. The van der Waals surface area contributed by atoms with E-state index in [9.17, 15) is 4.79 Å². The molecule has 1 fully saturated rings. The molecule has 2 heterocycles. The Hall–Kier alpha value is -2.44. The van der Waals surface area contributed by atoms with Crippen molar-refractivity contribution in [3.05, 3.63) is 63.5 Å². The lowest BCUT2D eigenvalue weighted by atomic mass is 10.0. The van der Waals surface area contributed by atoms with Gasteiger partial charge in [-0.1, -0.05) is 55.4 Å². The third-order valence-corrected chi connectivity index (χ3v) is 6.48. The summed E-state index contributed by atoms with van der Waals surface area (Å²) in [4.78, 5) is 17.7. The highest BCUT2D eigenvalue weighted by Gasteiger charge is 2.38. The number of aromatic nitrogens is 1. The zero-order chi connectivity index (χ0) is 19.5. The zero-order valence-corrected chi connectivity index (χ0v) is 17.1. The molecule has 1 unspecified atom stereocenters. The van der Waals surface area contributed by atoms with Gasteiger partial charge in [0.05, 0.1) is 16.6 Å². The Labute approximate surface area is 172 Å². The molecule has 0 saturated carbocycles. The summed E-state index contributed by atoms with van der Waals surface area (Å²) >= 11 is 2.65. The molecule has 0 radical (unpaired) electrons. The van der Waals surface area contributed by atoms with Crippen LogP contribution in [0.4, 0.5) is 0 Å². The van der Waals surface area contributed by atoms with Crippen LogP contribution in [0.3, 0.4) is 0 Å². The molecule has 28 heavy (non-hydrogen) atoms. The quantitative estimate of drug-likeness (QED) is 0.408. The van der Waals surface area contributed by atoms with Gasteiger partial charge in [-0.25, -0.2) is 4.98 Å². The van der Waals surface area contributed by atoms with Crippen LogP contribution in [0.1, 0.15) is 36.3 Å². The van der Waals surface area contributed by atoms with E-state index in [0.29, 0.717) is 21.6 Å². The number of Topliss-reactive ketones (excluding diaryl/α,β-unsaturated/α-hetero) is 1. The summed E-state index contributed by atoms with van der Waals surface area (Å²) in [6.07, 6.45) is 5.68. The van der Waals surface area contributed by atoms with Crippen molar-refractivity contribution in [3.63, 3.8) is 0 Å². The SMILES string of the molecule is CCCCOc1ccc(C=C2SC(=N)C(c3nccs3)C2=O)c2ccccc12. The van der Waals surface area contributed by atoms with E-state index in [1.54, 1.807) is 6.20 Å². The topological polar surface area (TPSA) is 63.0 Å². The Morgan fingerprint density at radius 3 is 2.79 bits per heavy atom. The smallest absolute Gasteiger partial charge is 0.186 e. The second-order valence-corrected chi connectivity index (χ2v) is 8.55. The highest BCUT2D eigenvalue weighted by Crippen LogP contribution is 2.42. The van der Waals surface area contributed by atoms with Gasteiger partial charge >= 0.3 is 0 Å². The van der Waals surface area contributed by atoms with Gasteiger partial charge in [0.25, 0.3) is 0 Å². The highest BCUT2D eigenvalue weighted by molar-refractivity contribution is 8.19. The first kappa shape index (κ1) is 18.9.